The van der Waals surface area contributed by atoms with Crippen LogP contribution in [0, 0.1) is 12.3 Å². The van der Waals surface area contributed by atoms with Gasteiger partial charge in [-0.1, -0.05) is 21.9 Å². The summed E-state index contributed by atoms with van der Waals surface area (Å²) >= 11 is 3.41. The average molecular weight is 340 g/mol. The minimum atomic E-state index is -0.777. The van der Waals surface area contributed by atoms with Crippen LogP contribution in [0.5, 0.6) is 5.75 Å². The molecular formula is C15H18BrNO3. The highest BCUT2D eigenvalue weighted by Gasteiger charge is 2.28. The maximum Gasteiger partial charge on any atom is 0.325 e. The van der Waals surface area contributed by atoms with Gasteiger partial charge in [0.1, 0.15) is 17.9 Å². The lowest BCUT2D eigenvalue weighted by Crippen LogP contribution is -2.47. The number of rotatable bonds is 6. The van der Waals surface area contributed by atoms with Gasteiger partial charge in [-0.25, -0.2) is 0 Å². The molecule has 0 amide bonds. The Morgan fingerprint density at radius 3 is 2.80 bits per heavy atom. The van der Waals surface area contributed by atoms with Crippen LogP contribution >= 0.6 is 15.9 Å². The van der Waals surface area contributed by atoms with Crippen molar-refractivity contribution in [2.24, 2.45) is 0 Å². The molecule has 1 N–H and O–H groups in total. The van der Waals surface area contributed by atoms with Crippen LogP contribution in [-0.2, 0) is 16.1 Å². The Balaban J connectivity index is 2.83. The molecule has 1 aromatic carbocycles. The van der Waals surface area contributed by atoms with Gasteiger partial charge in [0.2, 0.25) is 0 Å². The highest BCUT2D eigenvalue weighted by molar-refractivity contribution is 9.10. The number of carbonyl (C=O) groups is 1. The second-order valence-electron chi connectivity index (χ2n) is 4.71. The van der Waals surface area contributed by atoms with Gasteiger partial charge < -0.3 is 9.47 Å². The van der Waals surface area contributed by atoms with Gasteiger partial charge in [-0.15, -0.1) is 6.42 Å². The molecule has 108 valence electrons. The van der Waals surface area contributed by atoms with Crippen molar-refractivity contribution in [3.05, 3.63) is 28.2 Å². The third kappa shape index (κ3) is 4.55. The SMILES string of the molecule is C#CCOc1ccc(Br)cc1CNC(C)(C)C(=O)OC. The fourth-order valence-electron chi connectivity index (χ4n) is 1.59. The molecule has 0 heterocycles. The van der Waals surface area contributed by atoms with Crippen LogP contribution in [0.4, 0.5) is 0 Å². The van der Waals surface area contributed by atoms with E-state index in [2.05, 4.69) is 27.2 Å². The first-order chi connectivity index (χ1) is 9.40. The molecule has 0 unspecified atom stereocenters. The summed E-state index contributed by atoms with van der Waals surface area (Å²) in [6.07, 6.45) is 5.20. The Bertz CT molecular complexity index is 520. The summed E-state index contributed by atoms with van der Waals surface area (Å²) in [6, 6.07) is 5.64. The lowest BCUT2D eigenvalue weighted by atomic mass is 10.1. The summed E-state index contributed by atoms with van der Waals surface area (Å²) in [7, 11) is 1.37. The van der Waals surface area contributed by atoms with Crippen molar-refractivity contribution in [3.8, 4) is 18.1 Å². The van der Waals surface area contributed by atoms with Gasteiger partial charge in [0.15, 0.2) is 0 Å². The second kappa shape index (κ2) is 7.32. The highest BCUT2D eigenvalue weighted by Crippen LogP contribution is 2.24. The maximum absolute atomic E-state index is 11.6. The lowest BCUT2D eigenvalue weighted by molar-refractivity contribution is -0.147. The zero-order valence-electron chi connectivity index (χ0n) is 11.8. The van der Waals surface area contributed by atoms with E-state index in [4.69, 9.17) is 15.9 Å². The first-order valence-corrected chi connectivity index (χ1v) is 6.88. The Labute approximate surface area is 128 Å². The third-order valence-electron chi connectivity index (χ3n) is 2.75. The lowest BCUT2D eigenvalue weighted by Gasteiger charge is -2.23. The predicted molar refractivity (Wildman–Crippen MR) is 81.4 cm³/mol. The highest BCUT2D eigenvalue weighted by atomic mass is 79.9. The van der Waals surface area contributed by atoms with Crippen molar-refractivity contribution in [2.75, 3.05) is 13.7 Å². The van der Waals surface area contributed by atoms with Gasteiger partial charge in [-0.2, -0.15) is 0 Å². The Morgan fingerprint density at radius 1 is 1.50 bits per heavy atom. The molecule has 0 aliphatic rings. The van der Waals surface area contributed by atoms with Gasteiger partial charge in [0, 0.05) is 16.6 Å². The minimum absolute atomic E-state index is 0.203. The van der Waals surface area contributed by atoms with E-state index in [1.807, 2.05) is 18.2 Å². The number of terminal acetylenes is 1. The van der Waals surface area contributed by atoms with Gasteiger partial charge >= 0.3 is 5.97 Å². The van der Waals surface area contributed by atoms with Crippen LogP contribution in [-0.4, -0.2) is 25.2 Å². The third-order valence-corrected chi connectivity index (χ3v) is 3.24. The van der Waals surface area contributed by atoms with Crippen molar-refractivity contribution in [1.82, 2.24) is 5.32 Å². The second-order valence-corrected chi connectivity index (χ2v) is 5.63. The fraction of sp³-hybridized carbons (Fsp3) is 0.400. The molecule has 0 saturated heterocycles. The van der Waals surface area contributed by atoms with E-state index in [0.717, 1.165) is 10.0 Å². The van der Waals surface area contributed by atoms with E-state index < -0.39 is 5.54 Å². The van der Waals surface area contributed by atoms with Crippen LogP contribution in [0.25, 0.3) is 0 Å². The molecule has 0 spiro atoms. The van der Waals surface area contributed by atoms with E-state index in [9.17, 15) is 4.79 Å². The molecule has 1 rings (SSSR count). The Hall–Kier alpha value is -1.51. The normalized spacial score (nSPS) is 10.8. The molecule has 0 atom stereocenters. The smallest absolute Gasteiger partial charge is 0.325 e. The maximum atomic E-state index is 11.6. The van der Waals surface area contributed by atoms with Crippen molar-refractivity contribution >= 4 is 21.9 Å². The average Bonchev–Trinajstić information content (AvgIpc) is 2.43. The molecule has 0 aliphatic heterocycles. The summed E-state index contributed by atoms with van der Waals surface area (Å²) in [6.45, 7) is 4.19. The molecule has 5 heteroatoms. The number of hydrogen-bond donors (Lipinski definition) is 1. The van der Waals surface area contributed by atoms with Crippen LogP contribution in [0.15, 0.2) is 22.7 Å². The number of benzene rings is 1. The summed E-state index contributed by atoms with van der Waals surface area (Å²) in [5.74, 6) is 2.80. The first kappa shape index (κ1) is 16.5. The quantitative estimate of drug-likeness (QED) is 0.639. The van der Waals surface area contributed by atoms with Crippen molar-refractivity contribution in [3.63, 3.8) is 0 Å². The minimum Gasteiger partial charge on any atom is -0.481 e. The number of halogens is 1. The van der Waals surface area contributed by atoms with Gasteiger partial charge in [-0.3, -0.25) is 10.1 Å². The van der Waals surface area contributed by atoms with Crippen molar-refractivity contribution < 1.29 is 14.3 Å². The summed E-state index contributed by atoms with van der Waals surface area (Å²) < 4.78 is 11.2. The molecule has 0 aliphatic carbocycles. The van der Waals surface area contributed by atoms with Gasteiger partial charge in [-0.05, 0) is 32.0 Å². The predicted octanol–water partition coefficient (Wildman–Crippen LogP) is 2.50. The monoisotopic (exact) mass is 339 g/mol. The fourth-order valence-corrected chi connectivity index (χ4v) is 2.00. The van der Waals surface area contributed by atoms with Crippen molar-refractivity contribution in [1.29, 1.82) is 0 Å². The Morgan fingerprint density at radius 2 is 2.20 bits per heavy atom. The van der Waals surface area contributed by atoms with Gasteiger partial charge in [0.05, 0.1) is 7.11 Å². The zero-order valence-corrected chi connectivity index (χ0v) is 13.4. The summed E-state index contributed by atoms with van der Waals surface area (Å²) in [5, 5.41) is 3.14. The first-order valence-electron chi connectivity index (χ1n) is 6.09. The number of ether oxygens (including phenoxy) is 2. The topological polar surface area (TPSA) is 47.6 Å². The largest absolute Gasteiger partial charge is 0.481 e. The van der Waals surface area contributed by atoms with E-state index in [1.54, 1.807) is 13.8 Å². The summed E-state index contributed by atoms with van der Waals surface area (Å²) in [4.78, 5) is 11.6. The summed E-state index contributed by atoms with van der Waals surface area (Å²) in [5.41, 5.74) is 0.132. The van der Waals surface area contributed by atoms with E-state index in [0.29, 0.717) is 12.3 Å². The molecule has 0 saturated carbocycles. The molecule has 0 radical (unpaired) electrons. The number of esters is 1. The van der Waals surface area contributed by atoms with Crippen molar-refractivity contribution in [2.45, 2.75) is 25.9 Å². The molecular weight excluding hydrogens is 322 g/mol. The van der Waals surface area contributed by atoms with Crippen LogP contribution in [0.1, 0.15) is 19.4 Å². The zero-order chi connectivity index (χ0) is 15.2. The standard InChI is InChI=1S/C15H18BrNO3/c1-5-8-20-13-7-6-12(16)9-11(13)10-17-15(2,3)14(18)19-4/h1,6-7,9,17H,8,10H2,2-4H3. The molecule has 1 aromatic rings. The molecule has 0 bridgehead atoms. The number of carbonyl (C=O) groups excluding carboxylic acids is 1. The van der Waals surface area contributed by atoms with Crippen LogP contribution < -0.4 is 10.1 Å². The Kier molecular flexibility index (Phi) is 6.05. The van der Waals surface area contributed by atoms with Gasteiger partial charge in [0.25, 0.3) is 0 Å². The number of methoxy groups -OCH3 is 1. The molecule has 0 aromatic heterocycles. The van der Waals surface area contributed by atoms with E-state index >= 15 is 0 Å². The van der Waals surface area contributed by atoms with Crippen LogP contribution in [0.2, 0.25) is 0 Å². The number of nitrogens with one attached hydrogen (secondary N) is 1. The van der Waals surface area contributed by atoms with E-state index in [1.165, 1.54) is 7.11 Å². The molecule has 20 heavy (non-hydrogen) atoms. The van der Waals surface area contributed by atoms with Crippen LogP contribution in [0.3, 0.4) is 0 Å². The van der Waals surface area contributed by atoms with E-state index in [-0.39, 0.29) is 12.6 Å². The molecule has 0 fully saturated rings. The number of hydrogen-bond acceptors (Lipinski definition) is 4. The molecule has 4 nitrogen and oxygen atoms in total.